The molecule has 1 saturated heterocycles. The highest BCUT2D eigenvalue weighted by molar-refractivity contribution is 14.0. The fourth-order valence-electron chi connectivity index (χ4n) is 4.37. The first-order chi connectivity index (χ1) is 14.2. The molecule has 0 radical (unpaired) electrons. The van der Waals surface area contributed by atoms with E-state index in [4.69, 9.17) is 4.99 Å². The molecule has 2 aliphatic rings. The molecule has 1 fully saturated rings. The van der Waals surface area contributed by atoms with Crippen molar-refractivity contribution in [2.45, 2.75) is 58.5 Å². The number of nitrogens with one attached hydrogen (secondary N) is 2. The van der Waals surface area contributed by atoms with E-state index in [1.54, 1.807) is 0 Å². The third-order valence-corrected chi connectivity index (χ3v) is 6.05. The zero-order chi connectivity index (χ0) is 20.5. The maximum Gasteiger partial charge on any atom is 0.222 e. The number of aliphatic imine (C=N–C) groups is 1. The van der Waals surface area contributed by atoms with Crippen LogP contribution >= 0.6 is 24.0 Å². The molecule has 3 rings (SSSR count). The largest absolute Gasteiger partial charge is 0.357 e. The average molecular weight is 527 g/mol. The van der Waals surface area contributed by atoms with Crippen LogP contribution in [0.5, 0.6) is 0 Å². The topological polar surface area (TPSA) is 60.0 Å². The van der Waals surface area contributed by atoms with Crippen molar-refractivity contribution in [2.75, 3.05) is 39.3 Å². The molecule has 6 nitrogen and oxygen atoms in total. The van der Waals surface area contributed by atoms with Crippen LogP contribution in [0.15, 0.2) is 29.3 Å². The molecule has 0 aromatic heterocycles. The predicted molar refractivity (Wildman–Crippen MR) is 134 cm³/mol. The Bertz CT molecular complexity index is 696. The Hall–Kier alpha value is -1.35. The highest BCUT2D eigenvalue weighted by Gasteiger charge is 2.22. The normalized spacial score (nSPS) is 19.2. The molecule has 1 amide bonds. The van der Waals surface area contributed by atoms with Crippen molar-refractivity contribution >= 4 is 35.8 Å². The lowest BCUT2D eigenvalue weighted by atomic mass is 9.99. The summed E-state index contributed by atoms with van der Waals surface area (Å²) in [4.78, 5) is 21.9. The Balaban J connectivity index is 0.00000320. The number of benzene rings is 1. The maximum atomic E-state index is 12.6. The van der Waals surface area contributed by atoms with Gasteiger partial charge in [-0.05, 0) is 56.8 Å². The molecule has 168 valence electrons. The van der Waals surface area contributed by atoms with Gasteiger partial charge < -0.3 is 15.5 Å². The molecule has 1 unspecified atom stereocenters. The van der Waals surface area contributed by atoms with E-state index >= 15 is 0 Å². The molecule has 2 aliphatic heterocycles. The standard InChI is InChI=1S/C23H37N5O.HI/c1-3-24-23(26-17-21-11-8-15-27(21)4-2)25-14-7-12-22(29)28-16-13-19-9-5-6-10-20(19)18-28;/h5-6,9-10,21H,3-4,7-8,11-18H2,1-2H3,(H2,24,25,26);1H. The summed E-state index contributed by atoms with van der Waals surface area (Å²) in [6, 6.07) is 9.02. The van der Waals surface area contributed by atoms with E-state index in [0.29, 0.717) is 12.5 Å². The van der Waals surface area contributed by atoms with Gasteiger partial charge in [-0.2, -0.15) is 0 Å². The summed E-state index contributed by atoms with van der Waals surface area (Å²) >= 11 is 0. The first-order valence-corrected chi connectivity index (χ1v) is 11.3. The SMILES string of the molecule is CCNC(=NCC1CCCN1CC)NCCCC(=O)N1CCc2ccccc2C1.I. The Labute approximate surface area is 198 Å². The zero-order valence-electron chi connectivity index (χ0n) is 18.5. The number of likely N-dealkylation sites (tertiary alicyclic amines) is 1. The fraction of sp³-hybridized carbons (Fsp3) is 0.652. The van der Waals surface area contributed by atoms with Crippen LogP contribution in [0.4, 0.5) is 0 Å². The van der Waals surface area contributed by atoms with Crippen LogP contribution in [-0.4, -0.2) is 67.0 Å². The summed E-state index contributed by atoms with van der Waals surface area (Å²) < 4.78 is 0. The van der Waals surface area contributed by atoms with Gasteiger partial charge in [-0.25, -0.2) is 0 Å². The van der Waals surface area contributed by atoms with E-state index < -0.39 is 0 Å². The molecule has 2 N–H and O–H groups in total. The van der Waals surface area contributed by atoms with Gasteiger partial charge >= 0.3 is 0 Å². The van der Waals surface area contributed by atoms with Gasteiger partial charge in [0.25, 0.3) is 0 Å². The lowest BCUT2D eigenvalue weighted by molar-refractivity contribution is -0.132. The van der Waals surface area contributed by atoms with Crippen molar-refractivity contribution in [2.24, 2.45) is 4.99 Å². The number of guanidine groups is 1. The minimum Gasteiger partial charge on any atom is -0.357 e. The van der Waals surface area contributed by atoms with E-state index in [9.17, 15) is 4.79 Å². The minimum absolute atomic E-state index is 0. The van der Waals surface area contributed by atoms with Gasteiger partial charge in [0.15, 0.2) is 5.96 Å². The van der Waals surface area contributed by atoms with E-state index in [1.165, 1.54) is 30.5 Å². The highest BCUT2D eigenvalue weighted by Crippen LogP contribution is 2.19. The number of halogens is 1. The molecule has 30 heavy (non-hydrogen) atoms. The first-order valence-electron chi connectivity index (χ1n) is 11.3. The number of hydrogen-bond donors (Lipinski definition) is 2. The Morgan fingerprint density at radius 2 is 1.97 bits per heavy atom. The smallest absolute Gasteiger partial charge is 0.222 e. The average Bonchev–Trinajstić information content (AvgIpc) is 3.22. The summed E-state index contributed by atoms with van der Waals surface area (Å²) in [5.41, 5.74) is 2.67. The fourth-order valence-corrected chi connectivity index (χ4v) is 4.37. The van der Waals surface area contributed by atoms with Crippen LogP contribution in [0.3, 0.4) is 0 Å². The maximum absolute atomic E-state index is 12.6. The van der Waals surface area contributed by atoms with Crippen molar-refractivity contribution < 1.29 is 4.79 Å². The molecule has 0 spiro atoms. The van der Waals surface area contributed by atoms with Gasteiger partial charge in [-0.15, -0.1) is 24.0 Å². The molecule has 0 saturated carbocycles. The first kappa shape index (κ1) is 24.9. The molecular weight excluding hydrogens is 489 g/mol. The Kier molecular flexibility index (Phi) is 10.9. The van der Waals surface area contributed by atoms with Gasteiger partial charge in [0.1, 0.15) is 0 Å². The molecule has 1 aromatic rings. The number of hydrogen-bond acceptors (Lipinski definition) is 3. The van der Waals surface area contributed by atoms with Gasteiger partial charge in [-0.3, -0.25) is 14.7 Å². The molecule has 1 atom stereocenters. The minimum atomic E-state index is 0. The van der Waals surface area contributed by atoms with Crippen molar-refractivity contribution in [3.8, 4) is 0 Å². The van der Waals surface area contributed by atoms with Crippen molar-refractivity contribution in [1.29, 1.82) is 0 Å². The van der Waals surface area contributed by atoms with Crippen molar-refractivity contribution in [3.05, 3.63) is 35.4 Å². The highest BCUT2D eigenvalue weighted by atomic mass is 127. The Morgan fingerprint density at radius 3 is 2.73 bits per heavy atom. The van der Waals surface area contributed by atoms with E-state index in [2.05, 4.69) is 53.6 Å². The van der Waals surface area contributed by atoms with Gasteiger partial charge in [0, 0.05) is 38.6 Å². The molecule has 2 heterocycles. The number of carbonyl (C=O) groups is 1. The second-order valence-electron chi connectivity index (χ2n) is 8.01. The van der Waals surface area contributed by atoms with Gasteiger partial charge in [0.05, 0.1) is 6.54 Å². The quantitative estimate of drug-likeness (QED) is 0.236. The van der Waals surface area contributed by atoms with Crippen molar-refractivity contribution in [3.63, 3.8) is 0 Å². The molecule has 0 bridgehead atoms. The van der Waals surface area contributed by atoms with Crippen LogP contribution in [-0.2, 0) is 17.8 Å². The van der Waals surface area contributed by atoms with E-state index in [0.717, 1.165) is 58.1 Å². The van der Waals surface area contributed by atoms with Crippen LogP contribution in [0, 0.1) is 0 Å². The number of amides is 1. The van der Waals surface area contributed by atoms with Gasteiger partial charge in [0.2, 0.25) is 5.91 Å². The third-order valence-electron chi connectivity index (χ3n) is 6.05. The molecular formula is C23H38IN5O. The molecule has 0 aliphatic carbocycles. The van der Waals surface area contributed by atoms with E-state index in [1.807, 2.05) is 4.90 Å². The Morgan fingerprint density at radius 1 is 1.17 bits per heavy atom. The number of fused-ring (bicyclic) bond motifs is 1. The predicted octanol–water partition coefficient (Wildman–Crippen LogP) is 3.01. The summed E-state index contributed by atoms with van der Waals surface area (Å²) in [7, 11) is 0. The van der Waals surface area contributed by atoms with Crippen LogP contribution in [0.25, 0.3) is 0 Å². The number of likely N-dealkylation sites (N-methyl/N-ethyl adjacent to an activating group) is 1. The van der Waals surface area contributed by atoms with Crippen LogP contribution in [0.2, 0.25) is 0 Å². The molecule has 1 aromatic carbocycles. The van der Waals surface area contributed by atoms with Crippen molar-refractivity contribution in [1.82, 2.24) is 20.4 Å². The molecule has 7 heteroatoms. The van der Waals surface area contributed by atoms with Crippen LogP contribution in [0.1, 0.15) is 50.7 Å². The summed E-state index contributed by atoms with van der Waals surface area (Å²) in [5, 5.41) is 6.73. The number of nitrogens with zero attached hydrogens (tertiary/aromatic N) is 3. The monoisotopic (exact) mass is 527 g/mol. The summed E-state index contributed by atoms with van der Waals surface area (Å²) in [6.45, 7) is 10.7. The lowest BCUT2D eigenvalue weighted by Crippen LogP contribution is -2.40. The zero-order valence-corrected chi connectivity index (χ0v) is 20.9. The van der Waals surface area contributed by atoms with E-state index in [-0.39, 0.29) is 29.9 Å². The summed E-state index contributed by atoms with van der Waals surface area (Å²) in [6.07, 6.45) is 4.89. The third kappa shape index (κ3) is 7.11. The second-order valence-corrected chi connectivity index (χ2v) is 8.01. The summed E-state index contributed by atoms with van der Waals surface area (Å²) in [5.74, 6) is 1.13. The second kappa shape index (κ2) is 13.1. The van der Waals surface area contributed by atoms with Crippen LogP contribution < -0.4 is 10.6 Å². The van der Waals surface area contributed by atoms with Gasteiger partial charge in [-0.1, -0.05) is 31.2 Å². The number of rotatable bonds is 8. The lowest BCUT2D eigenvalue weighted by Gasteiger charge is -2.29. The number of carbonyl (C=O) groups excluding carboxylic acids is 1.